The van der Waals surface area contributed by atoms with Gasteiger partial charge in [0.1, 0.15) is 0 Å². The Bertz CT molecular complexity index is 555. The van der Waals surface area contributed by atoms with Crippen LogP contribution in [-0.4, -0.2) is 38.9 Å². The smallest absolute Gasteiger partial charge is 0.243 e. The molecule has 0 spiro atoms. The normalized spacial score (nSPS) is 21.3. The molecule has 1 aromatic carbocycles. The van der Waals surface area contributed by atoms with Gasteiger partial charge in [-0.3, -0.25) is 0 Å². The molecule has 0 amide bonds. The molecule has 0 saturated carbocycles. The van der Waals surface area contributed by atoms with Crippen molar-refractivity contribution < 1.29 is 8.42 Å². The molecule has 1 heterocycles. The zero-order valence-corrected chi connectivity index (χ0v) is 13.3. The fourth-order valence-corrected chi connectivity index (χ4v) is 4.16. The van der Waals surface area contributed by atoms with Gasteiger partial charge in [-0.1, -0.05) is 26.0 Å². The predicted octanol–water partition coefficient (Wildman–Crippen LogP) is 2.18. The van der Waals surface area contributed by atoms with E-state index >= 15 is 0 Å². The van der Waals surface area contributed by atoms with E-state index in [1.54, 1.807) is 10.4 Å². The maximum atomic E-state index is 12.7. The molecule has 1 unspecified atom stereocenters. The van der Waals surface area contributed by atoms with Crippen LogP contribution in [0.3, 0.4) is 0 Å². The molecule has 1 aliphatic rings. The lowest BCUT2D eigenvalue weighted by molar-refractivity contribution is 0.293. The molecule has 0 aliphatic carbocycles. The molecular formula is C15H24N2O2S. The molecule has 2 rings (SSSR count). The van der Waals surface area contributed by atoms with Crippen molar-refractivity contribution in [1.29, 1.82) is 0 Å². The average molecular weight is 296 g/mol. The molecule has 1 aromatic rings. The van der Waals surface area contributed by atoms with E-state index in [0.29, 0.717) is 23.9 Å². The molecule has 1 N–H and O–H groups in total. The summed E-state index contributed by atoms with van der Waals surface area (Å²) in [6.07, 6.45) is 1.95. The van der Waals surface area contributed by atoms with E-state index in [9.17, 15) is 8.42 Å². The first-order valence-electron chi connectivity index (χ1n) is 7.22. The first-order valence-corrected chi connectivity index (χ1v) is 8.66. The van der Waals surface area contributed by atoms with Gasteiger partial charge in [-0.15, -0.1) is 0 Å². The first-order chi connectivity index (χ1) is 9.45. The van der Waals surface area contributed by atoms with Gasteiger partial charge in [0, 0.05) is 19.1 Å². The van der Waals surface area contributed by atoms with Crippen molar-refractivity contribution >= 4 is 10.0 Å². The van der Waals surface area contributed by atoms with Gasteiger partial charge in [0.2, 0.25) is 10.0 Å². The zero-order chi connectivity index (χ0) is 14.8. The van der Waals surface area contributed by atoms with Crippen molar-refractivity contribution in [3.05, 3.63) is 29.8 Å². The van der Waals surface area contributed by atoms with Gasteiger partial charge in [-0.2, -0.15) is 4.31 Å². The molecule has 0 bridgehead atoms. The molecule has 4 nitrogen and oxygen atoms in total. The van der Waals surface area contributed by atoms with Crippen LogP contribution in [0.4, 0.5) is 0 Å². The predicted molar refractivity (Wildman–Crippen MR) is 81.4 cm³/mol. The van der Waals surface area contributed by atoms with E-state index in [4.69, 9.17) is 0 Å². The monoisotopic (exact) mass is 296 g/mol. The quantitative estimate of drug-likeness (QED) is 0.926. The van der Waals surface area contributed by atoms with E-state index in [1.807, 2.05) is 25.2 Å². The van der Waals surface area contributed by atoms with Crippen LogP contribution in [0.5, 0.6) is 0 Å². The highest BCUT2D eigenvalue weighted by Gasteiger charge is 2.29. The van der Waals surface area contributed by atoms with Gasteiger partial charge in [0.05, 0.1) is 4.90 Å². The largest absolute Gasteiger partial charge is 0.316 e. The second kappa shape index (κ2) is 6.24. The van der Waals surface area contributed by atoms with Gasteiger partial charge in [0.15, 0.2) is 0 Å². The topological polar surface area (TPSA) is 49.4 Å². The molecule has 0 aromatic heterocycles. The number of sulfonamides is 1. The number of benzene rings is 1. The summed E-state index contributed by atoms with van der Waals surface area (Å²) in [5.41, 5.74) is 1.06. The molecule has 1 saturated heterocycles. The van der Waals surface area contributed by atoms with Crippen molar-refractivity contribution in [2.75, 3.05) is 20.1 Å². The second-order valence-electron chi connectivity index (χ2n) is 5.72. The van der Waals surface area contributed by atoms with Crippen LogP contribution < -0.4 is 5.32 Å². The van der Waals surface area contributed by atoms with Crippen LogP contribution >= 0.6 is 0 Å². The molecule has 1 atom stereocenters. The van der Waals surface area contributed by atoms with Gasteiger partial charge in [-0.25, -0.2) is 8.42 Å². The van der Waals surface area contributed by atoms with Crippen molar-refractivity contribution in [2.24, 2.45) is 0 Å². The highest BCUT2D eigenvalue weighted by Crippen LogP contribution is 2.23. The van der Waals surface area contributed by atoms with E-state index in [2.05, 4.69) is 19.2 Å². The molecule has 0 radical (unpaired) electrons. The van der Waals surface area contributed by atoms with Crippen molar-refractivity contribution in [3.63, 3.8) is 0 Å². The highest BCUT2D eigenvalue weighted by molar-refractivity contribution is 7.89. The summed E-state index contributed by atoms with van der Waals surface area (Å²) in [4.78, 5) is 0.417. The molecular weight excluding hydrogens is 272 g/mol. The second-order valence-corrected chi connectivity index (χ2v) is 7.66. The van der Waals surface area contributed by atoms with Crippen LogP contribution in [-0.2, 0) is 10.0 Å². The Morgan fingerprint density at radius 3 is 2.75 bits per heavy atom. The Morgan fingerprint density at radius 2 is 2.10 bits per heavy atom. The van der Waals surface area contributed by atoms with Gasteiger partial charge in [-0.05, 0) is 43.5 Å². The third kappa shape index (κ3) is 3.22. The number of nitrogens with zero attached hydrogens (tertiary/aromatic N) is 1. The Labute approximate surface area is 122 Å². The first kappa shape index (κ1) is 15.5. The number of nitrogens with one attached hydrogen (secondary N) is 1. The van der Waals surface area contributed by atoms with Crippen LogP contribution in [0.2, 0.25) is 0 Å². The van der Waals surface area contributed by atoms with Gasteiger partial charge in [0.25, 0.3) is 0 Å². The summed E-state index contributed by atoms with van der Waals surface area (Å²) < 4.78 is 27.1. The van der Waals surface area contributed by atoms with E-state index in [0.717, 1.165) is 18.4 Å². The molecule has 112 valence electrons. The number of piperidine rings is 1. The maximum absolute atomic E-state index is 12.7. The minimum absolute atomic E-state index is 0.256. The van der Waals surface area contributed by atoms with Crippen molar-refractivity contribution in [3.8, 4) is 0 Å². The zero-order valence-electron chi connectivity index (χ0n) is 12.5. The number of likely N-dealkylation sites (N-methyl/N-ethyl adjacent to an activating group) is 1. The molecule has 1 aliphatic heterocycles. The third-order valence-electron chi connectivity index (χ3n) is 3.95. The van der Waals surface area contributed by atoms with Crippen LogP contribution in [0, 0.1) is 0 Å². The minimum atomic E-state index is -3.37. The van der Waals surface area contributed by atoms with E-state index < -0.39 is 10.0 Å². The van der Waals surface area contributed by atoms with Crippen LogP contribution in [0.1, 0.15) is 38.2 Å². The summed E-state index contributed by atoms with van der Waals surface area (Å²) in [7, 11) is -1.48. The maximum Gasteiger partial charge on any atom is 0.243 e. The average Bonchev–Trinajstić information content (AvgIpc) is 2.47. The number of hydrogen-bond acceptors (Lipinski definition) is 3. The lowest BCUT2D eigenvalue weighted by Crippen LogP contribution is -2.46. The van der Waals surface area contributed by atoms with Crippen molar-refractivity contribution in [2.45, 2.75) is 43.5 Å². The summed E-state index contributed by atoms with van der Waals surface area (Å²) in [5.74, 6) is 0.330. The molecule has 20 heavy (non-hydrogen) atoms. The lowest BCUT2D eigenvalue weighted by atomic mass is 10.0. The van der Waals surface area contributed by atoms with Crippen LogP contribution in [0.25, 0.3) is 0 Å². The van der Waals surface area contributed by atoms with E-state index in [-0.39, 0.29) is 6.04 Å². The summed E-state index contributed by atoms with van der Waals surface area (Å²) in [5, 5.41) is 3.18. The lowest BCUT2D eigenvalue weighted by Gasteiger charge is -2.31. The summed E-state index contributed by atoms with van der Waals surface area (Å²) in [6.45, 7) is 5.32. The van der Waals surface area contributed by atoms with E-state index in [1.165, 1.54) is 0 Å². The Hall–Kier alpha value is -0.910. The fourth-order valence-electron chi connectivity index (χ4n) is 2.58. The van der Waals surface area contributed by atoms with Crippen molar-refractivity contribution in [1.82, 2.24) is 9.62 Å². The standard InChI is InChI=1S/C15H24N2O2S/c1-12(2)13-6-4-8-15(10-13)20(18,19)17-9-5-7-14(11-17)16-3/h4,6,8,10,12,14,16H,5,7,9,11H2,1-3H3. The summed E-state index contributed by atoms with van der Waals surface area (Å²) in [6, 6.07) is 7.58. The SMILES string of the molecule is CNC1CCCN(S(=O)(=O)c2cccc(C(C)C)c2)C1. The Balaban J connectivity index is 2.28. The Morgan fingerprint density at radius 1 is 1.35 bits per heavy atom. The van der Waals surface area contributed by atoms with Gasteiger partial charge >= 0.3 is 0 Å². The minimum Gasteiger partial charge on any atom is -0.316 e. The fraction of sp³-hybridized carbons (Fsp3) is 0.600. The number of rotatable bonds is 4. The van der Waals surface area contributed by atoms with Gasteiger partial charge < -0.3 is 5.32 Å². The highest BCUT2D eigenvalue weighted by atomic mass is 32.2. The number of hydrogen-bond donors (Lipinski definition) is 1. The third-order valence-corrected chi connectivity index (χ3v) is 5.82. The summed E-state index contributed by atoms with van der Waals surface area (Å²) >= 11 is 0. The molecule has 1 fully saturated rings. The van der Waals surface area contributed by atoms with Crippen LogP contribution in [0.15, 0.2) is 29.2 Å². The Kier molecular flexibility index (Phi) is 4.83. The molecule has 5 heteroatoms.